The molecule has 2 unspecified atom stereocenters. The molecule has 1 rings (SSSR count). The first-order chi connectivity index (χ1) is 10.2. The van der Waals surface area contributed by atoms with Gasteiger partial charge in [0.15, 0.2) is 0 Å². The molecule has 0 spiro atoms. The molecule has 0 saturated heterocycles. The molecular weight excluding hydrogens is 258 g/mol. The summed E-state index contributed by atoms with van der Waals surface area (Å²) >= 11 is 0. The number of hydrogen-bond donors (Lipinski definition) is 1. The molecule has 0 aromatic heterocycles. The Morgan fingerprint density at radius 3 is 2.33 bits per heavy atom. The van der Waals surface area contributed by atoms with E-state index in [0.717, 1.165) is 25.3 Å². The van der Waals surface area contributed by atoms with Gasteiger partial charge in [0, 0.05) is 6.04 Å². The zero-order chi connectivity index (χ0) is 15.5. The van der Waals surface area contributed by atoms with Gasteiger partial charge in [-0.2, -0.15) is 0 Å². The minimum atomic E-state index is 0.633. The molecule has 1 aromatic rings. The average molecular weight is 291 g/mol. The average Bonchev–Trinajstić information content (AvgIpc) is 2.54. The van der Waals surface area contributed by atoms with Gasteiger partial charge in [0.05, 0.1) is 6.61 Å². The zero-order valence-corrected chi connectivity index (χ0v) is 14.3. The van der Waals surface area contributed by atoms with Crippen LogP contribution in [-0.2, 0) is 0 Å². The highest BCUT2D eigenvalue weighted by Crippen LogP contribution is 2.21. The normalized spacial score (nSPS) is 13.9. The number of hydrogen-bond acceptors (Lipinski definition) is 2. The third-order valence-corrected chi connectivity index (χ3v) is 4.20. The quantitative estimate of drug-likeness (QED) is 0.570. The smallest absolute Gasteiger partial charge is 0.119 e. The third kappa shape index (κ3) is 6.99. The van der Waals surface area contributed by atoms with Crippen molar-refractivity contribution in [2.75, 3.05) is 13.2 Å². The van der Waals surface area contributed by atoms with Gasteiger partial charge in [-0.3, -0.25) is 0 Å². The lowest BCUT2D eigenvalue weighted by Gasteiger charge is -2.16. The first-order valence-electron chi connectivity index (χ1n) is 8.67. The number of nitrogens with one attached hydrogen (secondary N) is 1. The van der Waals surface area contributed by atoms with Crippen LogP contribution in [0.5, 0.6) is 5.75 Å². The Balaban J connectivity index is 2.26. The van der Waals surface area contributed by atoms with Crippen LogP contribution in [0.1, 0.15) is 71.3 Å². The van der Waals surface area contributed by atoms with Crippen LogP contribution in [0.2, 0.25) is 0 Å². The first kappa shape index (κ1) is 18.0. The van der Waals surface area contributed by atoms with Gasteiger partial charge in [-0.05, 0) is 62.3 Å². The summed E-state index contributed by atoms with van der Waals surface area (Å²) in [7, 11) is 0. The Morgan fingerprint density at radius 1 is 1.05 bits per heavy atom. The highest BCUT2D eigenvalue weighted by atomic mass is 16.5. The van der Waals surface area contributed by atoms with E-state index < -0.39 is 0 Å². The van der Waals surface area contributed by atoms with Crippen molar-refractivity contribution < 1.29 is 4.74 Å². The summed E-state index contributed by atoms with van der Waals surface area (Å²) in [6.07, 6.45) is 5.90. The minimum absolute atomic E-state index is 0.633. The second kappa shape index (κ2) is 10.7. The van der Waals surface area contributed by atoms with Gasteiger partial charge < -0.3 is 10.1 Å². The Labute approximate surface area is 131 Å². The molecule has 2 heteroatoms. The maximum absolute atomic E-state index is 5.85. The summed E-state index contributed by atoms with van der Waals surface area (Å²) in [5.74, 6) is 1.63. The second-order valence-electron chi connectivity index (χ2n) is 5.93. The van der Waals surface area contributed by atoms with Gasteiger partial charge in [-0.15, -0.1) is 0 Å². The van der Waals surface area contributed by atoms with E-state index in [9.17, 15) is 0 Å². The predicted molar refractivity (Wildman–Crippen MR) is 92.2 cm³/mol. The SMILES string of the molecule is CCCNC(CC)CCCOc1ccc(C(C)CC)cc1. The van der Waals surface area contributed by atoms with Crippen molar-refractivity contribution in [2.24, 2.45) is 0 Å². The maximum atomic E-state index is 5.85. The van der Waals surface area contributed by atoms with Crippen molar-refractivity contribution in [3.05, 3.63) is 29.8 Å². The van der Waals surface area contributed by atoms with Crippen LogP contribution in [0.15, 0.2) is 24.3 Å². The third-order valence-electron chi connectivity index (χ3n) is 4.20. The molecule has 1 aromatic carbocycles. The summed E-state index contributed by atoms with van der Waals surface area (Å²) in [6.45, 7) is 10.9. The van der Waals surface area contributed by atoms with Gasteiger partial charge in [-0.1, -0.05) is 39.8 Å². The molecule has 120 valence electrons. The van der Waals surface area contributed by atoms with E-state index in [2.05, 4.69) is 57.3 Å². The van der Waals surface area contributed by atoms with Crippen molar-refractivity contribution in [1.82, 2.24) is 5.32 Å². The topological polar surface area (TPSA) is 21.3 Å². The molecule has 0 heterocycles. The van der Waals surface area contributed by atoms with Crippen molar-refractivity contribution in [3.63, 3.8) is 0 Å². The van der Waals surface area contributed by atoms with E-state index >= 15 is 0 Å². The highest BCUT2D eigenvalue weighted by Gasteiger charge is 2.05. The van der Waals surface area contributed by atoms with Crippen molar-refractivity contribution in [2.45, 2.75) is 71.8 Å². The predicted octanol–water partition coefficient (Wildman–Crippen LogP) is 5.14. The van der Waals surface area contributed by atoms with Crippen molar-refractivity contribution >= 4 is 0 Å². The van der Waals surface area contributed by atoms with Gasteiger partial charge in [0.1, 0.15) is 5.75 Å². The Morgan fingerprint density at radius 2 is 1.76 bits per heavy atom. The van der Waals surface area contributed by atoms with E-state index in [1.165, 1.54) is 31.2 Å². The maximum Gasteiger partial charge on any atom is 0.119 e. The van der Waals surface area contributed by atoms with Crippen molar-refractivity contribution in [1.29, 1.82) is 0 Å². The number of ether oxygens (including phenoxy) is 1. The number of benzene rings is 1. The summed E-state index contributed by atoms with van der Waals surface area (Å²) in [4.78, 5) is 0. The molecule has 1 N–H and O–H groups in total. The fourth-order valence-corrected chi connectivity index (χ4v) is 2.45. The van der Waals surface area contributed by atoms with Crippen LogP contribution in [0.4, 0.5) is 0 Å². The van der Waals surface area contributed by atoms with Crippen LogP contribution in [0, 0.1) is 0 Å². The lowest BCUT2D eigenvalue weighted by molar-refractivity contribution is 0.294. The molecule has 0 aliphatic heterocycles. The highest BCUT2D eigenvalue weighted by molar-refractivity contribution is 5.29. The largest absolute Gasteiger partial charge is 0.494 e. The molecule has 2 atom stereocenters. The number of rotatable bonds is 11. The zero-order valence-electron chi connectivity index (χ0n) is 14.3. The monoisotopic (exact) mass is 291 g/mol. The summed E-state index contributed by atoms with van der Waals surface area (Å²) in [5, 5.41) is 3.59. The molecule has 0 radical (unpaired) electrons. The lowest BCUT2D eigenvalue weighted by Crippen LogP contribution is -2.29. The molecule has 0 aliphatic rings. The molecule has 21 heavy (non-hydrogen) atoms. The molecule has 0 amide bonds. The molecular formula is C19H33NO. The summed E-state index contributed by atoms with van der Waals surface area (Å²) in [6, 6.07) is 9.24. The van der Waals surface area contributed by atoms with Gasteiger partial charge in [0.25, 0.3) is 0 Å². The summed E-state index contributed by atoms with van der Waals surface area (Å²) in [5.41, 5.74) is 1.40. The van der Waals surface area contributed by atoms with Crippen LogP contribution >= 0.6 is 0 Å². The first-order valence-corrected chi connectivity index (χ1v) is 8.67. The van der Waals surface area contributed by atoms with E-state index in [0.29, 0.717) is 12.0 Å². The van der Waals surface area contributed by atoms with Gasteiger partial charge in [0.2, 0.25) is 0 Å². The molecule has 0 aliphatic carbocycles. The molecule has 0 bridgehead atoms. The van der Waals surface area contributed by atoms with Crippen LogP contribution < -0.4 is 10.1 Å². The molecule has 0 fully saturated rings. The summed E-state index contributed by atoms with van der Waals surface area (Å²) < 4.78 is 5.85. The second-order valence-corrected chi connectivity index (χ2v) is 5.93. The Hall–Kier alpha value is -1.02. The van der Waals surface area contributed by atoms with E-state index in [4.69, 9.17) is 4.74 Å². The Kier molecular flexibility index (Phi) is 9.16. The lowest BCUT2D eigenvalue weighted by atomic mass is 9.99. The van der Waals surface area contributed by atoms with E-state index in [-0.39, 0.29) is 0 Å². The Bertz CT molecular complexity index is 360. The van der Waals surface area contributed by atoms with Crippen LogP contribution in [0.25, 0.3) is 0 Å². The molecule has 0 saturated carbocycles. The van der Waals surface area contributed by atoms with Crippen molar-refractivity contribution in [3.8, 4) is 5.75 Å². The molecule has 2 nitrogen and oxygen atoms in total. The van der Waals surface area contributed by atoms with Crippen LogP contribution in [-0.4, -0.2) is 19.2 Å². The minimum Gasteiger partial charge on any atom is -0.494 e. The van der Waals surface area contributed by atoms with Crippen LogP contribution in [0.3, 0.4) is 0 Å². The standard InChI is InChI=1S/C19H33NO/c1-5-14-20-18(7-3)9-8-15-21-19-12-10-17(11-13-19)16(4)6-2/h10-13,16,18,20H,5-9,14-15H2,1-4H3. The van der Waals surface area contributed by atoms with Gasteiger partial charge >= 0.3 is 0 Å². The fraction of sp³-hybridized carbons (Fsp3) is 0.684. The van der Waals surface area contributed by atoms with Gasteiger partial charge in [-0.25, -0.2) is 0 Å². The van der Waals surface area contributed by atoms with E-state index in [1.807, 2.05) is 0 Å². The fourth-order valence-electron chi connectivity index (χ4n) is 2.45. The van der Waals surface area contributed by atoms with E-state index in [1.54, 1.807) is 0 Å².